The van der Waals surface area contributed by atoms with E-state index in [1.807, 2.05) is 6.92 Å². The lowest BCUT2D eigenvalue weighted by atomic mass is 9.90. The molecule has 0 rings (SSSR count). The van der Waals surface area contributed by atoms with E-state index in [2.05, 4.69) is 0 Å². The molecule has 0 aromatic rings. The minimum atomic E-state index is -1.01. The summed E-state index contributed by atoms with van der Waals surface area (Å²) in [5, 5.41) is 19.7. The normalized spacial score (nSPS) is 15.4. The first-order chi connectivity index (χ1) is 7.93. The maximum Gasteiger partial charge on any atom is 0.330 e. The molecule has 5 nitrogen and oxygen atoms in total. The second kappa shape index (κ2) is 7.81. The molecule has 17 heavy (non-hydrogen) atoms. The van der Waals surface area contributed by atoms with Crippen LogP contribution in [0.4, 0.5) is 0 Å². The van der Waals surface area contributed by atoms with Gasteiger partial charge in [0.2, 0.25) is 6.04 Å². The summed E-state index contributed by atoms with van der Waals surface area (Å²) in [4.78, 5) is 21.4. The average Bonchev–Trinajstić information content (AvgIpc) is 2.25. The first-order valence-corrected chi connectivity index (χ1v) is 5.99. The molecule has 0 aromatic heterocycles. The third-order valence-corrected chi connectivity index (χ3v) is 2.88. The molecule has 0 saturated heterocycles. The van der Waals surface area contributed by atoms with Crippen molar-refractivity contribution >= 4 is 5.97 Å². The van der Waals surface area contributed by atoms with Crippen LogP contribution in [0.1, 0.15) is 46.5 Å². The lowest BCUT2D eigenvalue weighted by molar-refractivity contribution is -0.530. The lowest BCUT2D eigenvalue weighted by Crippen LogP contribution is -2.28. The van der Waals surface area contributed by atoms with Crippen LogP contribution in [0.25, 0.3) is 0 Å². The van der Waals surface area contributed by atoms with Gasteiger partial charge in [-0.1, -0.05) is 32.8 Å². The molecule has 5 heteroatoms. The molecule has 0 fully saturated rings. The number of rotatable bonds is 8. The van der Waals surface area contributed by atoms with Gasteiger partial charge in [0.15, 0.2) is 0 Å². The molecule has 0 saturated carbocycles. The highest BCUT2D eigenvalue weighted by atomic mass is 16.6. The Kier molecular flexibility index (Phi) is 7.18. The van der Waals surface area contributed by atoms with Crippen molar-refractivity contribution in [2.24, 2.45) is 5.92 Å². The number of aliphatic carboxylic acids is 1. The zero-order valence-electron chi connectivity index (χ0n) is 10.7. The lowest BCUT2D eigenvalue weighted by Gasteiger charge is -2.16. The molecule has 0 aliphatic rings. The predicted molar refractivity (Wildman–Crippen MR) is 65.5 cm³/mol. The molecule has 0 aromatic carbocycles. The van der Waals surface area contributed by atoms with Gasteiger partial charge in [-0.05, 0) is 13.3 Å². The minimum absolute atomic E-state index is 0.186. The van der Waals surface area contributed by atoms with Crippen molar-refractivity contribution in [3.8, 4) is 0 Å². The fraction of sp³-hybridized carbons (Fsp3) is 0.750. The van der Waals surface area contributed by atoms with E-state index in [-0.39, 0.29) is 16.4 Å². The first-order valence-electron chi connectivity index (χ1n) is 5.99. The van der Waals surface area contributed by atoms with Gasteiger partial charge in [0, 0.05) is 22.8 Å². The Morgan fingerprint density at radius 3 is 2.41 bits per heavy atom. The molecule has 0 radical (unpaired) electrons. The van der Waals surface area contributed by atoms with Crippen molar-refractivity contribution in [2.45, 2.75) is 52.5 Å². The number of nitro groups is 1. The van der Waals surface area contributed by atoms with Gasteiger partial charge in [0.1, 0.15) is 0 Å². The van der Waals surface area contributed by atoms with Gasteiger partial charge >= 0.3 is 5.97 Å². The largest absolute Gasteiger partial charge is 0.478 e. The van der Waals surface area contributed by atoms with Crippen molar-refractivity contribution in [2.75, 3.05) is 0 Å². The molecule has 0 aliphatic heterocycles. The summed E-state index contributed by atoms with van der Waals surface area (Å²) in [5.41, 5.74) is 0.186. The van der Waals surface area contributed by atoms with Crippen molar-refractivity contribution < 1.29 is 14.8 Å². The van der Waals surface area contributed by atoms with Crippen LogP contribution in [0.15, 0.2) is 11.6 Å². The third kappa shape index (κ3) is 5.47. The second-order valence-corrected chi connectivity index (χ2v) is 4.22. The summed E-state index contributed by atoms with van der Waals surface area (Å²) in [6.45, 7) is 5.25. The topological polar surface area (TPSA) is 80.4 Å². The molecule has 98 valence electrons. The fourth-order valence-corrected chi connectivity index (χ4v) is 1.83. The summed E-state index contributed by atoms with van der Waals surface area (Å²) >= 11 is 0. The molecule has 0 amide bonds. The summed E-state index contributed by atoms with van der Waals surface area (Å²) < 4.78 is 0. The Labute approximate surface area is 102 Å². The van der Waals surface area contributed by atoms with Crippen molar-refractivity contribution in [1.29, 1.82) is 0 Å². The fourth-order valence-electron chi connectivity index (χ4n) is 1.83. The molecule has 1 N–H and O–H groups in total. The highest BCUT2D eigenvalue weighted by Gasteiger charge is 2.28. The van der Waals surface area contributed by atoms with Gasteiger partial charge in [-0.15, -0.1) is 0 Å². The molecule has 0 bridgehead atoms. The Hall–Kier alpha value is -1.39. The summed E-state index contributed by atoms with van der Waals surface area (Å²) in [6, 6.07) is -0.684. The van der Waals surface area contributed by atoms with E-state index in [4.69, 9.17) is 5.11 Å². The minimum Gasteiger partial charge on any atom is -0.478 e. The Balaban J connectivity index is 4.91. The molecule has 2 unspecified atom stereocenters. The van der Waals surface area contributed by atoms with Crippen molar-refractivity contribution in [3.63, 3.8) is 0 Å². The van der Waals surface area contributed by atoms with Crippen LogP contribution in [0.2, 0.25) is 0 Å². The monoisotopic (exact) mass is 243 g/mol. The van der Waals surface area contributed by atoms with Gasteiger partial charge in [0.25, 0.3) is 0 Å². The first kappa shape index (κ1) is 15.6. The molecular formula is C12H21NO4. The number of carboxylic acid groups (broad SMARTS) is 1. The van der Waals surface area contributed by atoms with Gasteiger partial charge in [-0.3, -0.25) is 10.1 Å². The SMILES string of the molecule is CCCCC(/C=C(\C)C(=O)O)C(CC)[N+](=O)[O-]. The van der Waals surface area contributed by atoms with Crippen molar-refractivity contribution in [1.82, 2.24) is 0 Å². The highest BCUT2D eigenvalue weighted by Crippen LogP contribution is 2.21. The standard InChI is InChI=1S/C12H21NO4/c1-4-6-7-10(8-9(3)12(14)15)11(5-2)13(16)17/h8,10-11H,4-7H2,1-3H3,(H,14,15)/b9-8+. The van der Waals surface area contributed by atoms with Crippen LogP contribution in [-0.2, 0) is 4.79 Å². The van der Waals surface area contributed by atoms with Gasteiger partial charge < -0.3 is 5.11 Å². The third-order valence-electron chi connectivity index (χ3n) is 2.88. The summed E-state index contributed by atoms with van der Waals surface area (Å²) in [6.07, 6.45) is 4.45. The molecule has 0 aliphatic carbocycles. The number of unbranched alkanes of at least 4 members (excludes halogenated alkanes) is 1. The van der Waals surface area contributed by atoms with E-state index < -0.39 is 12.0 Å². The van der Waals surface area contributed by atoms with Gasteiger partial charge in [-0.25, -0.2) is 4.79 Å². The maximum atomic E-state index is 10.9. The molecular weight excluding hydrogens is 222 g/mol. The van der Waals surface area contributed by atoms with E-state index in [0.717, 1.165) is 12.8 Å². The van der Waals surface area contributed by atoms with Crippen LogP contribution in [0.5, 0.6) is 0 Å². The van der Waals surface area contributed by atoms with Gasteiger partial charge in [0.05, 0.1) is 0 Å². The number of carboxylic acids is 1. The van der Waals surface area contributed by atoms with E-state index in [9.17, 15) is 14.9 Å². The summed E-state index contributed by atoms with van der Waals surface area (Å²) in [5.74, 6) is -1.30. The zero-order chi connectivity index (χ0) is 13.4. The molecule has 2 atom stereocenters. The average molecular weight is 243 g/mol. The Bertz CT molecular complexity index is 299. The quantitative estimate of drug-likeness (QED) is 0.404. The van der Waals surface area contributed by atoms with E-state index in [0.29, 0.717) is 12.8 Å². The zero-order valence-corrected chi connectivity index (χ0v) is 10.7. The van der Waals surface area contributed by atoms with E-state index in [1.54, 1.807) is 6.92 Å². The van der Waals surface area contributed by atoms with Crippen LogP contribution >= 0.6 is 0 Å². The van der Waals surface area contributed by atoms with Crippen LogP contribution < -0.4 is 0 Å². The number of carbonyl (C=O) groups is 1. The molecule has 0 heterocycles. The second-order valence-electron chi connectivity index (χ2n) is 4.22. The van der Waals surface area contributed by atoms with Crippen LogP contribution in [0.3, 0.4) is 0 Å². The number of nitrogens with zero attached hydrogens (tertiary/aromatic N) is 1. The Morgan fingerprint density at radius 2 is 2.06 bits per heavy atom. The van der Waals surface area contributed by atoms with Crippen LogP contribution in [0, 0.1) is 16.0 Å². The van der Waals surface area contributed by atoms with Crippen molar-refractivity contribution in [3.05, 3.63) is 21.8 Å². The summed E-state index contributed by atoms with van der Waals surface area (Å²) in [7, 11) is 0. The smallest absolute Gasteiger partial charge is 0.330 e. The van der Waals surface area contributed by atoms with E-state index >= 15 is 0 Å². The maximum absolute atomic E-state index is 10.9. The highest BCUT2D eigenvalue weighted by molar-refractivity contribution is 5.85. The van der Waals surface area contributed by atoms with Gasteiger partial charge in [-0.2, -0.15) is 0 Å². The van der Waals surface area contributed by atoms with E-state index in [1.165, 1.54) is 13.0 Å². The molecule has 0 spiro atoms. The predicted octanol–water partition coefficient (Wildman–Crippen LogP) is 2.88. The Morgan fingerprint density at radius 1 is 1.47 bits per heavy atom. The number of hydrogen-bond acceptors (Lipinski definition) is 3. The number of hydrogen-bond donors (Lipinski definition) is 1. The van der Waals surface area contributed by atoms with Crippen LogP contribution in [-0.4, -0.2) is 22.0 Å².